The fourth-order valence-electron chi connectivity index (χ4n) is 3.16. The van der Waals surface area contributed by atoms with Gasteiger partial charge in [0.05, 0.1) is 15.1 Å². The highest BCUT2D eigenvalue weighted by molar-refractivity contribution is 7.87. The topological polar surface area (TPSA) is 94.8 Å². The second-order valence-electron chi connectivity index (χ2n) is 6.09. The molecule has 3 rings (SSSR count). The van der Waals surface area contributed by atoms with Crippen molar-refractivity contribution in [1.82, 2.24) is 0 Å². The maximum atomic E-state index is 13.0. The van der Waals surface area contributed by atoms with Gasteiger partial charge in [-0.3, -0.25) is 4.55 Å². The van der Waals surface area contributed by atoms with Crippen molar-refractivity contribution in [2.75, 3.05) is 0 Å². The normalized spacial score (nSPS) is 13.8. The Kier molecular flexibility index (Phi) is 5.98. The molecule has 1 unspecified atom stereocenters. The Labute approximate surface area is 186 Å². The summed E-state index contributed by atoms with van der Waals surface area (Å²) >= 11 is 24.8. The second-order valence-corrected chi connectivity index (χ2v) is 9.25. The van der Waals surface area contributed by atoms with E-state index in [0.29, 0.717) is 0 Å². The average Bonchev–Trinajstić information content (AvgIpc) is 2.63. The van der Waals surface area contributed by atoms with Gasteiger partial charge in [0, 0.05) is 22.2 Å². The first kappa shape index (κ1) is 22.0. The molecule has 0 bridgehead atoms. The molecule has 1 atom stereocenters. The monoisotopic (exact) mass is 492 g/mol. The van der Waals surface area contributed by atoms with Gasteiger partial charge in [-0.15, -0.1) is 0 Å². The van der Waals surface area contributed by atoms with E-state index in [1.54, 1.807) is 0 Å². The van der Waals surface area contributed by atoms with Crippen LogP contribution in [-0.2, 0) is 14.9 Å². The fraction of sp³-hybridized carbons (Fsp3) is 0.0526. The van der Waals surface area contributed by atoms with Crippen molar-refractivity contribution in [2.45, 2.75) is 4.75 Å². The molecule has 0 aromatic heterocycles. The first-order chi connectivity index (χ1) is 13.5. The highest BCUT2D eigenvalue weighted by Gasteiger charge is 2.51. The summed E-state index contributed by atoms with van der Waals surface area (Å²) in [6.45, 7) is 0. The van der Waals surface area contributed by atoms with Crippen molar-refractivity contribution in [3.8, 4) is 11.5 Å². The predicted molar refractivity (Wildman–Crippen MR) is 114 cm³/mol. The van der Waals surface area contributed by atoms with Crippen LogP contribution >= 0.6 is 46.4 Å². The van der Waals surface area contributed by atoms with Gasteiger partial charge in [0.1, 0.15) is 11.5 Å². The largest absolute Gasteiger partial charge is 0.508 e. The van der Waals surface area contributed by atoms with Crippen molar-refractivity contribution < 1.29 is 23.2 Å². The summed E-state index contributed by atoms with van der Waals surface area (Å²) in [5.41, 5.74) is -0.256. The summed E-state index contributed by atoms with van der Waals surface area (Å²) in [6.07, 6.45) is 0. The molecule has 0 fully saturated rings. The van der Waals surface area contributed by atoms with Gasteiger partial charge < -0.3 is 10.2 Å². The van der Waals surface area contributed by atoms with Crippen LogP contribution in [0.15, 0.2) is 54.6 Å². The van der Waals surface area contributed by atoms with Crippen LogP contribution in [0.2, 0.25) is 20.1 Å². The van der Waals surface area contributed by atoms with Crippen molar-refractivity contribution >= 4 is 56.5 Å². The molecule has 0 spiro atoms. The molecule has 0 aliphatic carbocycles. The molecule has 0 saturated heterocycles. The number of benzene rings is 3. The Morgan fingerprint density at radius 1 is 0.759 bits per heavy atom. The van der Waals surface area contributed by atoms with Gasteiger partial charge in [0.15, 0.2) is 4.75 Å². The number of hydrogen-bond donors (Lipinski definition) is 3. The van der Waals surface area contributed by atoms with E-state index in [-0.39, 0.29) is 48.3 Å². The minimum Gasteiger partial charge on any atom is -0.508 e. The maximum Gasteiger partial charge on any atom is 0.283 e. The number of hydrogen-bond acceptors (Lipinski definition) is 4. The Bertz CT molecular complexity index is 1200. The molecular weight excluding hydrogens is 482 g/mol. The van der Waals surface area contributed by atoms with E-state index < -0.39 is 14.9 Å². The number of rotatable bonds is 4. The van der Waals surface area contributed by atoms with Crippen LogP contribution in [0.25, 0.3) is 0 Å². The van der Waals surface area contributed by atoms with Crippen LogP contribution in [0.5, 0.6) is 11.5 Å². The van der Waals surface area contributed by atoms with Crippen LogP contribution in [0.1, 0.15) is 16.7 Å². The van der Waals surface area contributed by atoms with Gasteiger partial charge in [0.25, 0.3) is 10.1 Å². The molecule has 152 valence electrons. The predicted octanol–water partition coefficient (Wildman–Crippen LogP) is 5.89. The summed E-state index contributed by atoms with van der Waals surface area (Å²) in [6, 6.07) is 11.5. The SMILES string of the molecule is O=S(=O)(O)C(c1ccc(O)cc1)(c1cc(Cl)c(O)cc1Cl)c1cccc(Cl)c1Cl. The fourth-order valence-corrected chi connectivity index (χ4v) is 5.51. The average molecular weight is 494 g/mol. The molecule has 0 amide bonds. The van der Waals surface area contributed by atoms with Crippen LogP contribution in [0.4, 0.5) is 0 Å². The molecule has 10 heteroatoms. The first-order valence-electron chi connectivity index (χ1n) is 7.89. The standard InChI is InChI=1S/C19H12Cl4O5S/c20-14-3-1-2-12(18(14)23)19(29(26,27)28,10-4-6-11(24)7-5-10)13-8-16(22)17(25)9-15(13)21/h1-9,24-25H,(H,26,27,28). The van der Waals surface area contributed by atoms with Crippen molar-refractivity contribution in [2.24, 2.45) is 0 Å². The van der Waals surface area contributed by atoms with Gasteiger partial charge in [-0.05, 0) is 29.8 Å². The highest BCUT2D eigenvalue weighted by atomic mass is 35.5. The van der Waals surface area contributed by atoms with Crippen LogP contribution < -0.4 is 0 Å². The van der Waals surface area contributed by atoms with E-state index in [2.05, 4.69) is 0 Å². The number of phenolic OH excluding ortho intramolecular Hbond substituents is 2. The van der Waals surface area contributed by atoms with Gasteiger partial charge in [0.2, 0.25) is 0 Å². The van der Waals surface area contributed by atoms with Crippen LogP contribution in [0, 0.1) is 0 Å². The van der Waals surface area contributed by atoms with E-state index >= 15 is 0 Å². The minimum absolute atomic E-state index is 0.00521. The molecule has 0 saturated carbocycles. The highest BCUT2D eigenvalue weighted by Crippen LogP contribution is 2.51. The number of halogens is 4. The lowest BCUT2D eigenvalue weighted by atomic mass is 9.83. The Hall–Kier alpha value is -1.67. The lowest BCUT2D eigenvalue weighted by molar-refractivity contribution is 0.456. The van der Waals surface area contributed by atoms with Crippen LogP contribution in [-0.4, -0.2) is 23.2 Å². The number of phenols is 2. The zero-order valence-corrected chi connectivity index (χ0v) is 18.1. The summed E-state index contributed by atoms with van der Waals surface area (Å²) in [7, 11) is -5.04. The second kappa shape index (κ2) is 7.87. The third-order valence-corrected chi connectivity index (χ3v) is 7.29. The van der Waals surface area contributed by atoms with Crippen molar-refractivity contribution in [3.63, 3.8) is 0 Å². The van der Waals surface area contributed by atoms with Gasteiger partial charge >= 0.3 is 0 Å². The minimum atomic E-state index is -5.04. The molecule has 5 nitrogen and oxygen atoms in total. The smallest absolute Gasteiger partial charge is 0.283 e. The molecular formula is C19H12Cl4O5S. The molecule has 0 heterocycles. The summed E-state index contributed by atoms with van der Waals surface area (Å²) in [5, 5.41) is 19.0. The molecule has 0 radical (unpaired) electrons. The van der Waals surface area contributed by atoms with Gasteiger partial charge in [-0.2, -0.15) is 8.42 Å². The summed E-state index contributed by atoms with van der Waals surface area (Å²) in [5.74, 6) is -0.516. The maximum absolute atomic E-state index is 13.0. The van der Waals surface area contributed by atoms with E-state index in [9.17, 15) is 23.2 Å². The van der Waals surface area contributed by atoms with E-state index in [1.807, 2.05) is 0 Å². The number of aromatic hydroxyl groups is 2. The van der Waals surface area contributed by atoms with Crippen LogP contribution in [0.3, 0.4) is 0 Å². The molecule has 0 aliphatic heterocycles. The zero-order chi connectivity index (χ0) is 21.6. The first-order valence-corrected chi connectivity index (χ1v) is 10.8. The van der Waals surface area contributed by atoms with Crippen molar-refractivity contribution in [1.29, 1.82) is 0 Å². The molecule has 29 heavy (non-hydrogen) atoms. The Balaban J connectivity index is 2.61. The summed E-state index contributed by atoms with van der Waals surface area (Å²) < 4.78 is 34.1. The molecule has 3 aromatic rings. The lowest BCUT2D eigenvalue weighted by Gasteiger charge is -2.34. The summed E-state index contributed by atoms with van der Waals surface area (Å²) in [4.78, 5) is 0. The van der Waals surface area contributed by atoms with Gasteiger partial charge in [-0.1, -0.05) is 70.7 Å². The Morgan fingerprint density at radius 3 is 1.97 bits per heavy atom. The van der Waals surface area contributed by atoms with Crippen molar-refractivity contribution in [3.05, 3.63) is 91.4 Å². The quantitative estimate of drug-likeness (QED) is 0.311. The molecule has 3 aromatic carbocycles. The third kappa shape index (κ3) is 3.65. The van der Waals surface area contributed by atoms with E-state index in [1.165, 1.54) is 42.5 Å². The third-order valence-electron chi connectivity index (χ3n) is 4.41. The lowest BCUT2D eigenvalue weighted by Crippen LogP contribution is -2.39. The van der Waals surface area contributed by atoms with Gasteiger partial charge in [-0.25, -0.2) is 0 Å². The van der Waals surface area contributed by atoms with E-state index in [0.717, 1.165) is 12.1 Å². The van der Waals surface area contributed by atoms with E-state index in [4.69, 9.17) is 46.4 Å². The molecule has 3 N–H and O–H groups in total. The zero-order valence-electron chi connectivity index (χ0n) is 14.3. The Morgan fingerprint density at radius 2 is 1.38 bits per heavy atom. The molecule has 0 aliphatic rings.